The minimum absolute atomic E-state index is 0.711. The van der Waals surface area contributed by atoms with Crippen LogP contribution in [0.1, 0.15) is 33.4 Å². The molecule has 0 spiro atoms. The van der Waals surface area contributed by atoms with Gasteiger partial charge in [-0.2, -0.15) is 0 Å². The Balaban J connectivity index is 1.10. The van der Waals surface area contributed by atoms with Crippen LogP contribution in [-0.4, -0.2) is 9.97 Å². The quantitative estimate of drug-likeness (QED) is 0.127. The van der Waals surface area contributed by atoms with Crippen molar-refractivity contribution in [3.8, 4) is 33.9 Å². The zero-order valence-electron chi connectivity index (χ0n) is 27.9. The van der Waals surface area contributed by atoms with Crippen molar-refractivity contribution in [2.45, 2.75) is 6.42 Å². The number of hydrogen-bond donors (Lipinski definition) is 0. The van der Waals surface area contributed by atoms with Crippen LogP contribution in [0.3, 0.4) is 0 Å². The van der Waals surface area contributed by atoms with Gasteiger partial charge in [-0.1, -0.05) is 141 Å². The summed E-state index contributed by atoms with van der Waals surface area (Å²) >= 11 is 0. The molecule has 0 bridgehead atoms. The molecule has 9 rings (SSSR count). The standard InChI is InChI=1S/C48H32N2O/c1-3-32-13-7-9-17-38(32)39(37-26-28-45-42(29-37)41-19-11-12-20-44(41)51-45)27-21-31(2)33-22-24-35(25-23-33)48-49-46(34-14-5-4-6-15-34)43-30-36-16-8-10-18-40(36)47(43)50-48/h3-26,28-29H,1-2,30H2. The molecule has 2 aromatic heterocycles. The average Bonchev–Trinajstić information content (AvgIpc) is 3.76. The Labute approximate surface area is 296 Å². The van der Waals surface area contributed by atoms with Gasteiger partial charge < -0.3 is 4.42 Å². The summed E-state index contributed by atoms with van der Waals surface area (Å²) in [6, 6.07) is 50.0. The summed E-state index contributed by atoms with van der Waals surface area (Å²) in [5.74, 6) is 0.711. The molecule has 1 aliphatic rings. The Bertz CT molecular complexity index is 2720. The lowest BCUT2D eigenvalue weighted by Crippen LogP contribution is -1.99. The van der Waals surface area contributed by atoms with Gasteiger partial charge in [0.25, 0.3) is 0 Å². The molecule has 8 aromatic rings. The number of furan rings is 1. The van der Waals surface area contributed by atoms with Crippen LogP contribution in [0.2, 0.25) is 0 Å². The summed E-state index contributed by atoms with van der Waals surface area (Å²) < 4.78 is 6.13. The molecular weight excluding hydrogens is 621 g/mol. The Morgan fingerprint density at radius 3 is 2.22 bits per heavy atom. The molecule has 0 saturated heterocycles. The molecule has 0 atom stereocenters. The molecule has 0 N–H and O–H groups in total. The van der Waals surface area contributed by atoms with Crippen molar-refractivity contribution in [3.05, 3.63) is 204 Å². The van der Waals surface area contributed by atoms with Crippen molar-refractivity contribution in [2.75, 3.05) is 0 Å². The van der Waals surface area contributed by atoms with Gasteiger partial charge in [-0.15, -0.1) is 5.73 Å². The van der Waals surface area contributed by atoms with E-state index in [0.29, 0.717) is 5.82 Å². The summed E-state index contributed by atoms with van der Waals surface area (Å²) in [6.45, 7) is 8.53. The smallest absolute Gasteiger partial charge is 0.160 e. The van der Waals surface area contributed by atoms with Gasteiger partial charge in [-0.3, -0.25) is 0 Å². The number of para-hydroxylation sites is 1. The second-order valence-corrected chi connectivity index (χ2v) is 12.8. The first-order chi connectivity index (χ1) is 25.1. The second-order valence-electron chi connectivity index (χ2n) is 12.8. The van der Waals surface area contributed by atoms with Crippen LogP contribution in [0, 0.1) is 0 Å². The van der Waals surface area contributed by atoms with Gasteiger partial charge in [0.1, 0.15) is 11.2 Å². The maximum absolute atomic E-state index is 6.13. The highest BCUT2D eigenvalue weighted by atomic mass is 16.3. The highest BCUT2D eigenvalue weighted by Crippen LogP contribution is 2.41. The van der Waals surface area contributed by atoms with E-state index in [1.807, 2.05) is 54.6 Å². The predicted octanol–water partition coefficient (Wildman–Crippen LogP) is 12.2. The summed E-state index contributed by atoms with van der Waals surface area (Å²) in [7, 11) is 0. The SMILES string of the molecule is C=Cc1ccccc1C(=C=CC(=C)c1ccc(-c2nc(-c3ccccc3)c3c(n2)-c2ccccc2C3)cc1)c1ccc2oc3ccccc3c2c1. The van der Waals surface area contributed by atoms with Gasteiger partial charge in [0, 0.05) is 45.0 Å². The summed E-state index contributed by atoms with van der Waals surface area (Å²) in [6.07, 6.45) is 4.69. The average molecular weight is 653 g/mol. The van der Waals surface area contributed by atoms with Gasteiger partial charge in [-0.25, -0.2) is 9.97 Å². The molecule has 6 aromatic carbocycles. The first kappa shape index (κ1) is 30.3. The van der Waals surface area contributed by atoms with Crippen LogP contribution < -0.4 is 0 Å². The number of rotatable bonds is 7. The van der Waals surface area contributed by atoms with E-state index in [9.17, 15) is 0 Å². The Kier molecular flexibility index (Phi) is 7.47. The van der Waals surface area contributed by atoms with E-state index in [4.69, 9.17) is 14.4 Å². The fourth-order valence-electron chi connectivity index (χ4n) is 7.11. The van der Waals surface area contributed by atoms with E-state index in [0.717, 1.165) is 84.3 Å². The number of fused-ring (bicyclic) bond motifs is 6. The lowest BCUT2D eigenvalue weighted by Gasteiger charge is -2.12. The van der Waals surface area contributed by atoms with Crippen molar-refractivity contribution >= 4 is 39.2 Å². The lowest BCUT2D eigenvalue weighted by atomic mass is 9.93. The Hall–Kier alpha value is -6.80. The van der Waals surface area contributed by atoms with Crippen LogP contribution in [0.5, 0.6) is 0 Å². The van der Waals surface area contributed by atoms with E-state index >= 15 is 0 Å². The second kappa shape index (κ2) is 12.6. The molecule has 0 unspecified atom stereocenters. The van der Waals surface area contributed by atoms with E-state index in [-0.39, 0.29) is 0 Å². The number of allylic oxidation sites excluding steroid dienone is 2. The Morgan fingerprint density at radius 1 is 0.647 bits per heavy atom. The topological polar surface area (TPSA) is 38.9 Å². The minimum Gasteiger partial charge on any atom is -0.456 e. The first-order valence-corrected chi connectivity index (χ1v) is 17.1. The Morgan fingerprint density at radius 2 is 1.35 bits per heavy atom. The summed E-state index contributed by atoms with van der Waals surface area (Å²) in [5.41, 5.74) is 19.0. The normalized spacial score (nSPS) is 11.5. The van der Waals surface area contributed by atoms with Crippen molar-refractivity contribution in [3.63, 3.8) is 0 Å². The van der Waals surface area contributed by atoms with E-state index in [1.165, 1.54) is 16.7 Å². The molecule has 0 saturated carbocycles. The third-order valence-corrected chi connectivity index (χ3v) is 9.71. The largest absolute Gasteiger partial charge is 0.456 e. The number of nitrogens with zero attached hydrogens (tertiary/aromatic N) is 2. The molecule has 2 heterocycles. The molecule has 0 amide bonds. The molecule has 3 heteroatoms. The van der Waals surface area contributed by atoms with Crippen molar-refractivity contribution < 1.29 is 4.42 Å². The van der Waals surface area contributed by atoms with E-state index in [1.54, 1.807) is 0 Å². The monoisotopic (exact) mass is 652 g/mol. The molecule has 240 valence electrons. The number of benzene rings is 6. The summed E-state index contributed by atoms with van der Waals surface area (Å²) in [5, 5.41) is 2.16. The van der Waals surface area contributed by atoms with Crippen molar-refractivity contribution in [1.29, 1.82) is 0 Å². The van der Waals surface area contributed by atoms with Crippen LogP contribution in [0.15, 0.2) is 175 Å². The number of aromatic nitrogens is 2. The maximum Gasteiger partial charge on any atom is 0.160 e. The fraction of sp³-hybridized carbons (Fsp3) is 0.0208. The van der Waals surface area contributed by atoms with Crippen LogP contribution in [0.25, 0.3) is 73.1 Å². The van der Waals surface area contributed by atoms with Gasteiger partial charge in [0.05, 0.1) is 11.4 Å². The molecule has 51 heavy (non-hydrogen) atoms. The highest BCUT2D eigenvalue weighted by Gasteiger charge is 2.25. The van der Waals surface area contributed by atoms with E-state index in [2.05, 4.69) is 122 Å². The first-order valence-electron chi connectivity index (χ1n) is 17.1. The molecule has 0 radical (unpaired) electrons. The third kappa shape index (κ3) is 5.43. The van der Waals surface area contributed by atoms with Crippen molar-refractivity contribution in [2.24, 2.45) is 0 Å². The number of hydrogen-bond acceptors (Lipinski definition) is 3. The molecule has 3 nitrogen and oxygen atoms in total. The van der Waals surface area contributed by atoms with Crippen LogP contribution in [-0.2, 0) is 6.42 Å². The van der Waals surface area contributed by atoms with Gasteiger partial charge in [-0.05, 0) is 63.7 Å². The van der Waals surface area contributed by atoms with Gasteiger partial charge in [0.15, 0.2) is 5.82 Å². The van der Waals surface area contributed by atoms with Crippen LogP contribution >= 0.6 is 0 Å². The lowest BCUT2D eigenvalue weighted by molar-refractivity contribution is 0.669. The fourth-order valence-corrected chi connectivity index (χ4v) is 7.11. The minimum atomic E-state index is 0.711. The molecular formula is C48H32N2O. The highest BCUT2D eigenvalue weighted by molar-refractivity contribution is 6.06. The van der Waals surface area contributed by atoms with Gasteiger partial charge >= 0.3 is 0 Å². The predicted molar refractivity (Wildman–Crippen MR) is 211 cm³/mol. The summed E-state index contributed by atoms with van der Waals surface area (Å²) in [4.78, 5) is 10.3. The zero-order chi connectivity index (χ0) is 34.3. The van der Waals surface area contributed by atoms with Gasteiger partial charge in [0.2, 0.25) is 0 Å². The maximum atomic E-state index is 6.13. The van der Waals surface area contributed by atoms with Crippen LogP contribution in [0.4, 0.5) is 0 Å². The molecule has 1 aliphatic carbocycles. The third-order valence-electron chi connectivity index (χ3n) is 9.71. The molecule has 0 fully saturated rings. The zero-order valence-corrected chi connectivity index (χ0v) is 27.9. The van der Waals surface area contributed by atoms with Crippen molar-refractivity contribution in [1.82, 2.24) is 9.97 Å². The molecule has 0 aliphatic heterocycles. The van der Waals surface area contributed by atoms with E-state index < -0.39 is 0 Å².